The highest BCUT2D eigenvalue weighted by molar-refractivity contribution is 6.34. The van der Waals surface area contributed by atoms with E-state index in [-0.39, 0.29) is 24.9 Å². The van der Waals surface area contributed by atoms with Crippen LogP contribution in [0.3, 0.4) is 0 Å². The van der Waals surface area contributed by atoms with Crippen LogP contribution in [0.1, 0.15) is 25.8 Å². The third kappa shape index (κ3) is 6.19. The van der Waals surface area contributed by atoms with Gasteiger partial charge in [0.1, 0.15) is 0 Å². The molecule has 0 saturated heterocycles. The summed E-state index contributed by atoms with van der Waals surface area (Å²) in [5.74, 6) is -1.18. The zero-order valence-corrected chi connectivity index (χ0v) is 13.4. The molecule has 0 aliphatic heterocycles. The second-order valence-electron chi connectivity index (χ2n) is 4.81. The van der Waals surface area contributed by atoms with Crippen LogP contribution >= 0.6 is 23.2 Å². The Morgan fingerprint density at radius 1 is 1.24 bits per heavy atom. The van der Waals surface area contributed by atoms with E-state index in [4.69, 9.17) is 28.3 Å². The minimum Gasteiger partial charge on any atom is -0.481 e. The summed E-state index contributed by atoms with van der Waals surface area (Å²) >= 11 is 11.8. The molecule has 0 saturated carbocycles. The molecule has 0 bridgehead atoms. The van der Waals surface area contributed by atoms with Crippen LogP contribution in [0.5, 0.6) is 0 Å². The van der Waals surface area contributed by atoms with Gasteiger partial charge in [-0.1, -0.05) is 23.2 Å². The van der Waals surface area contributed by atoms with Crippen LogP contribution in [0.4, 0.5) is 0 Å². The second kappa shape index (κ2) is 8.05. The summed E-state index contributed by atoms with van der Waals surface area (Å²) in [5.41, 5.74) is 0.711. The summed E-state index contributed by atoms with van der Waals surface area (Å²) in [7, 11) is 0. The van der Waals surface area contributed by atoms with Gasteiger partial charge in [-0.2, -0.15) is 0 Å². The second-order valence-corrected chi connectivity index (χ2v) is 5.68. The van der Waals surface area contributed by atoms with Crippen molar-refractivity contribution < 1.29 is 14.7 Å². The van der Waals surface area contributed by atoms with E-state index >= 15 is 0 Å². The zero-order chi connectivity index (χ0) is 16.0. The smallest absolute Gasteiger partial charge is 0.305 e. The molecule has 0 atom stereocenters. The number of amides is 1. The van der Waals surface area contributed by atoms with Crippen molar-refractivity contribution in [2.24, 2.45) is 0 Å². The zero-order valence-electron chi connectivity index (χ0n) is 11.8. The highest BCUT2D eigenvalue weighted by Gasteiger charge is 2.15. The molecule has 1 rings (SSSR count). The van der Waals surface area contributed by atoms with Crippen LogP contribution in [0, 0.1) is 0 Å². The van der Waals surface area contributed by atoms with Gasteiger partial charge < -0.3 is 10.0 Å². The fourth-order valence-corrected chi connectivity index (χ4v) is 2.32. The molecule has 4 nitrogen and oxygen atoms in total. The fraction of sp³-hybridized carbons (Fsp3) is 0.333. The van der Waals surface area contributed by atoms with Crippen molar-refractivity contribution in [1.82, 2.24) is 4.90 Å². The first-order valence-corrected chi connectivity index (χ1v) is 7.21. The van der Waals surface area contributed by atoms with E-state index in [2.05, 4.69) is 0 Å². The third-order valence-corrected chi connectivity index (χ3v) is 3.21. The first-order chi connectivity index (χ1) is 9.79. The number of halogens is 2. The van der Waals surface area contributed by atoms with Gasteiger partial charge in [-0.05, 0) is 43.7 Å². The number of aliphatic carboxylic acids is 1. The lowest BCUT2D eigenvalue weighted by atomic mass is 10.2. The summed E-state index contributed by atoms with van der Waals surface area (Å²) in [6.45, 7) is 3.85. The number of nitrogens with zero attached hydrogens (tertiary/aromatic N) is 1. The Balaban J connectivity index is 2.80. The largest absolute Gasteiger partial charge is 0.481 e. The Morgan fingerprint density at radius 3 is 2.29 bits per heavy atom. The van der Waals surface area contributed by atoms with Crippen molar-refractivity contribution >= 4 is 41.2 Å². The number of hydrogen-bond donors (Lipinski definition) is 1. The van der Waals surface area contributed by atoms with Gasteiger partial charge in [0, 0.05) is 28.7 Å². The van der Waals surface area contributed by atoms with Crippen molar-refractivity contribution in [3.8, 4) is 0 Å². The Kier molecular flexibility index (Phi) is 6.72. The molecule has 0 aliphatic carbocycles. The van der Waals surface area contributed by atoms with Crippen molar-refractivity contribution in [3.63, 3.8) is 0 Å². The lowest BCUT2D eigenvalue weighted by molar-refractivity contribution is -0.138. The van der Waals surface area contributed by atoms with E-state index in [1.165, 1.54) is 11.0 Å². The molecule has 6 heteroatoms. The van der Waals surface area contributed by atoms with Crippen LogP contribution in [0.2, 0.25) is 10.0 Å². The normalized spacial score (nSPS) is 11.1. The number of benzene rings is 1. The molecule has 0 unspecified atom stereocenters. The van der Waals surface area contributed by atoms with E-state index in [0.29, 0.717) is 15.6 Å². The number of carbonyl (C=O) groups excluding carboxylic acids is 1. The van der Waals surface area contributed by atoms with Crippen LogP contribution in [-0.2, 0) is 9.59 Å². The maximum atomic E-state index is 12.1. The minimum atomic E-state index is -0.931. The number of hydrogen-bond acceptors (Lipinski definition) is 2. The molecule has 0 fully saturated rings. The van der Waals surface area contributed by atoms with E-state index in [0.717, 1.165) is 0 Å². The fourth-order valence-electron chi connectivity index (χ4n) is 1.77. The molecule has 0 aromatic heterocycles. The molecule has 0 spiro atoms. The molecular formula is C15H17Cl2NO3. The van der Waals surface area contributed by atoms with Crippen molar-refractivity contribution in [3.05, 3.63) is 39.9 Å². The molecule has 1 aromatic carbocycles. The summed E-state index contributed by atoms with van der Waals surface area (Å²) in [4.78, 5) is 24.2. The standard InChI is InChI=1S/C15H17Cl2NO3/c1-10(2)18(6-5-15(20)21)14(19)4-3-11-7-12(16)9-13(17)8-11/h3-4,7-10H,5-6H2,1-2H3,(H,20,21)/b4-3+. The third-order valence-electron chi connectivity index (χ3n) is 2.78. The highest BCUT2D eigenvalue weighted by Crippen LogP contribution is 2.20. The van der Waals surface area contributed by atoms with E-state index in [1.807, 2.05) is 13.8 Å². The molecular weight excluding hydrogens is 313 g/mol. The van der Waals surface area contributed by atoms with Gasteiger partial charge in [0.25, 0.3) is 0 Å². The van der Waals surface area contributed by atoms with E-state index in [9.17, 15) is 9.59 Å². The number of carbonyl (C=O) groups is 2. The molecule has 0 heterocycles. The first kappa shape index (κ1) is 17.5. The molecule has 1 aromatic rings. The van der Waals surface area contributed by atoms with Crippen LogP contribution in [-0.4, -0.2) is 34.5 Å². The molecule has 0 radical (unpaired) electrons. The molecule has 0 aliphatic rings. The SMILES string of the molecule is CC(C)N(CCC(=O)O)C(=O)/C=C/c1cc(Cl)cc(Cl)c1. The predicted molar refractivity (Wildman–Crippen MR) is 84.6 cm³/mol. The summed E-state index contributed by atoms with van der Waals surface area (Å²) in [6.07, 6.45) is 2.92. The minimum absolute atomic E-state index is 0.0792. The summed E-state index contributed by atoms with van der Waals surface area (Å²) in [5, 5.41) is 9.68. The van der Waals surface area contributed by atoms with Gasteiger partial charge in [-0.25, -0.2) is 0 Å². The maximum absolute atomic E-state index is 12.1. The monoisotopic (exact) mass is 329 g/mol. The van der Waals surface area contributed by atoms with Gasteiger partial charge in [-0.3, -0.25) is 9.59 Å². The molecule has 1 N–H and O–H groups in total. The van der Waals surface area contributed by atoms with E-state index < -0.39 is 5.97 Å². The summed E-state index contributed by atoms with van der Waals surface area (Å²) < 4.78 is 0. The topological polar surface area (TPSA) is 57.6 Å². The van der Waals surface area contributed by atoms with E-state index in [1.54, 1.807) is 24.3 Å². The quantitative estimate of drug-likeness (QED) is 0.809. The Morgan fingerprint density at radius 2 is 1.81 bits per heavy atom. The van der Waals surface area contributed by atoms with Crippen molar-refractivity contribution in [2.45, 2.75) is 26.3 Å². The van der Waals surface area contributed by atoms with Crippen LogP contribution < -0.4 is 0 Å². The Bertz CT molecular complexity index is 536. The van der Waals surface area contributed by atoms with Crippen molar-refractivity contribution in [1.29, 1.82) is 0 Å². The predicted octanol–water partition coefficient (Wildman–Crippen LogP) is 3.72. The number of rotatable bonds is 6. The maximum Gasteiger partial charge on any atom is 0.305 e. The first-order valence-electron chi connectivity index (χ1n) is 6.46. The number of carboxylic acid groups (broad SMARTS) is 1. The van der Waals surface area contributed by atoms with Gasteiger partial charge in [0.2, 0.25) is 5.91 Å². The summed E-state index contributed by atoms with van der Waals surface area (Å²) in [6, 6.07) is 4.90. The van der Waals surface area contributed by atoms with Gasteiger partial charge in [0.05, 0.1) is 6.42 Å². The molecule has 21 heavy (non-hydrogen) atoms. The van der Waals surface area contributed by atoms with Crippen molar-refractivity contribution in [2.75, 3.05) is 6.54 Å². The lowest BCUT2D eigenvalue weighted by Crippen LogP contribution is -2.37. The lowest BCUT2D eigenvalue weighted by Gasteiger charge is -2.24. The Labute approximate surface area is 134 Å². The molecule has 1 amide bonds. The van der Waals surface area contributed by atoms with Gasteiger partial charge >= 0.3 is 5.97 Å². The van der Waals surface area contributed by atoms with Crippen LogP contribution in [0.25, 0.3) is 6.08 Å². The van der Waals surface area contributed by atoms with Gasteiger partial charge in [-0.15, -0.1) is 0 Å². The average Bonchev–Trinajstić information content (AvgIpc) is 2.34. The molecule has 114 valence electrons. The van der Waals surface area contributed by atoms with Gasteiger partial charge in [0.15, 0.2) is 0 Å². The highest BCUT2D eigenvalue weighted by atomic mass is 35.5. The average molecular weight is 330 g/mol. The van der Waals surface area contributed by atoms with Crippen LogP contribution in [0.15, 0.2) is 24.3 Å². The Hall–Kier alpha value is -1.52. The number of carboxylic acids is 1.